The van der Waals surface area contributed by atoms with Gasteiger partial charge in [0.1, 0.15) is 11.5 Å². The zero-order valence-corrected chi connectivity index (χ0v) is 14.3. The quantitative estimate of drug-likeness (QED) is 0.771. The van der Waals surface area contributed by atoms with E-state index >= 15 is 0 Å². The molecule has 0 radical (unpaired) electrons. The van der Waals surface area contributed by atoms with Crippen molar-refractivity contribution in [3.63, 3.8) is 0 Å². The fourth-order valence-electron chi connectivity index (χ4n) is 2.24. The second-order valence-electron chi connectivity index (χ2n) is 5.59. The van der Waals surface area contributed by atoms with Crippen molar-refractivity contribution in [2.45, 2.75) is 26.4 Å². The molecule has 24 heavy (non-hydrogen) atoms. The molecule has 0 fully saturated rings. The Hall–Kier alpha value is -2.69. The molecule has 5 nitrogen and oxygen atoms in total. The third-order valence-corrected chi connectivity index (χ3v) is 3.30. The van der Waals surface area contributed by atoms with Crippen LogP contribution in [-0.4, -0.2) is 25.7 Å². The summed E-state index contributed by atoms with van der Waals surface area (Å²) in [4.78, 5) is 12.1. The van der Waals surface area contributed by atoms with Gasteiger partial charge in [0.2, 0.25) is 5.91 Å². The molecule has 2 aromatic carbocycles. The fraction of sp³-hybridized carbons (Fsp3) is 0.316. The normalized spacial score (nSPS) is 10.3. The molecular formula is C19H24N2O3. The Morgan fingerprint density at radius 2 is 1.62 bits per heavy atom. The minimum Gasteiger partial charge on any atom is -0.495 e. The minimum absolute atomic E-state index is 0.0748. The number of ether oxygens (including phenoxy) is 2. The third kappa shape index (κ3) is 5.19. The number of carbonyl (C=O) groups excluding carboxylic acids is 1. The Labute approximate surface area is 143 Å². The Kier molecular flexibility index (Phi) is 6.49. The minimum atomic E-state index is -0.0748. The van der Waals surface area contributed by atoms with Gasteiger partial charge >= 0.3 is 0 Å². The lowest BCUT2D eigenvalue weighted by Crippen LogP contribution is -2.17. The summed E-state index contributed by atoms with van der Waals surface area (Å²) in [7, 11) is 1.58. The summed E-state index contributed by atoms with van der Waals surface area (Å²) < 4.78 is 11.0. The average molecular weight is 328 g/mol. The molecule has 0 aromatic heterocycles. The van der Waals surface area contributed by atoms with Crippen LogP contribution in [0.25, 0.3) is 0 Å². The fourth-order valence-corrected chi connectivity index (χ4v) is 2.24. The topological polar surface area (TPSA) is 59.6 Å². The lowest BCUT2D eigenvalue weighted by atomic mass is 10.2. The molecule has 0 unspecified atom stereocenters. The van der Waals surface area contributed by atoms with Crippen molar-refractivity contribution in [2.75, 3.05) is 24.3 Å². The van der Waals surface area contributed by atoms with Crippen molar-refractivity contribution in [3.05, 3.63) is 48.5 Å². The van der Waals surface area contributed by atoms with E-state index in [1.807, 2.05) is 62.4 Å². The molecule has 0 saturated carbocycles. The SMILES string of the molecule is COc1ccccc1NC(=O)CCNc1ccccc1OC(C)C. The first-order valence-electron chi connectivity index (χ1n) is 8.02. The van der Waals surface area contributed by atoms with E-state index in [2.05, 4.69) is 10.6 Å². The summed E-state index contributed by atoms with van der Waals surface area (Å²) >= 11 is 0. The molecule has 2 aromatic rings. The van der Waals surface area contributed by atoms with Crippen molar-refractivity contribution >= 4 is 17.3 Å². The summed E-state index contributed by atoms with van der Waals surface area (Å²) in [6, 6.07) is 15.1. The van der Waals surface area contributed by atoms with Gasteiger partial charge in [-0.3, -0.25) is 4.79 Å². The number of carbonyl (C=O) groups is 1. The molecule has 5 heteroatoms. The van der Waals surface area contributed by atoms with Crippen LogP contribution in [0.5, 0.6) is 11.5 Å². The molecule has 0 saturated heterocycles. The van der Waals surface area contributed by atoms with Crippen molar-refractivity contribution in [1.29, 1.82) is 0 Å². The number of nitrogens with one attached hydrogen (secondary N) is 2. The van der Waals surface area contributed by atoms with Crippen molar-refractivity contribution in [1.82, 2.24) is 0 Å². The summed E-state index contributed by atoms with van der Waals surface area (Å²) in [6.07, 6.45) is 0.440. The van der Waals surface area contributed by atoms with Crippen LogP contribution in [0, 0.1) is 0 Å². The van der Waals surface area contributed by atoms with Crippen LogP contribution in [-0.2, 0) is 4.79 Å². The maximum absolute atomic E-state index is 12.1. The molecule has 0 bridgehead atoms. The van der Waals surface area contributed by atoms with Gasteiger partial charge in [-0.25, -0.2) is 0 Å². The summed E-state index contributed by atoms with van der Waals surface area (Å²) in [5, 5.41) is 6.11. The van der Waals surface area contributed by atoms with Gasteiger partial charge in [0.25, 0.3) is 0 Å². The van der Waals surface area contributed by atoms with Gasteiger partial charge in [-0.2, -0.15) is 0 Å². The van der Waals surface area contributed by atoms with Crippen LogP contribution in [0.15, 0.2) is 48.5 Å². The van der Waals surface area contributed by atoms with Crippen LogP contribution in [0.1, 0.15) is 20.3 Å². The lowest BCUT2D eigenvalue weighted by molar-refractivity contribution is -0.116. The van der Waals surface area contributed by atoms with Gasteiger partial charge in [-0.1, -0.05) is 24.3 Å². The second kappa shape index (κ2) is 8.82. The number of hydrogen-bond donors (Lipinski definition) is 2. The van der Waals surface area contributed by atoms with E-state index in [1.54, 1.807) is 7.11 Å². The molecule has 1 amide bonds. The number of para-hydroxylation sites is 4. The first-order valence-corrected chi connectivity index (χ1v) is 8.02. The van der Waals surface area contributed by atoms with E-state index in [1.165, 1.54) is 0 Å². The summed E-state index contributed by atoms with van der Waals surface area (Å²) in [5.41, 5.74) is 1.56. The standard InChI is InChI=1S/C19H24N2O3/c1-14(2)24-18-11-7-4-8-15(18)20-13-12-19(22)21-16-9-5-6-10-17(16)23-3/h4-11,14,20H,12-13H2,1-3H3,(H,21,22). The number of benzene rings is 2. The molecule has 0 aliphatic carbocycles. The number of amides is 1. The summed E-state index contributed by atoms with van der Waals surface area (Å²) in [5.74, 6) is 1.36. The molecule has 2 N–H and O–H groups in total. The van der Waals surface area contributed by atoms with Gasteiger partial charge < -0.3 is 20.1 Å². The largest absolute Gasteiger partial charge is 0.495 e. The van der Waals surface area contributed by atoms with Gasteiger partial charge in [0, 0.05) is 13.0 Å². The van der Waals surface area contributed by atoms with E-state index in [0.717, 1.165) is 11.4 Å². The van der Waals surface area contributed by atoms with Crippen molar-refractivity contribution in [3.8, 4) is 11.5 Å². The van der Waals surface area contributed by atoms with Crippen LogP contribution in [0.4, 0.5) is 11.4 Å². The Bertz CT molecular complexity index is 671. The van der Waals surface area contributed by atoms with Crippen LogP contribution in [0.2, 0.25) is 0 Å². The van der Waals surface area contributed by atoms with Crippen molar-refractivity contribution in [2.24, 2.45) is 0 Å². The zero-order valence-electron chi connectivity index (χ0n) is 14.3. The highest BCUT2D eigenvalue weighted by Gasteiger charge is 2.08. The Balaban J connectivity index is 1.87. The van der Waals surface area contributed by atoms with E-state index in [-0.39, 0.29) is 12.0 Å². The predicted octanol–water partition coefficient (Wildman–Crippen LogP) is 3.92. The van der Waals surface area contributed by atoms with E-state index < -0.39 is 0 Å². The maximum Gasteiger partial charge on any atom is 0.226 e. The van der Waals surface area contributed by atoms with Gasteiger partial charge in [0.05, 0.1) is 24.6 Å². The first-order chi connectivity index (χ1) is 11.6. The Morgan fingerprint density at radius 3 is 2.29 bits per heavy atom. The molecule has 0 aliphatic rings. The second-order valence-corrected chi connectivity index (χ2v) is 5.59. The molecule has 0 spiro atoms. The summed E-state index contributed by atoms with van der Waals surface area (Å²) in [6.45, 7) is 4.48. The zero-order chi connectivity index (χ0) is 17.4. The number of rotatable bonds is 8. The number of anilines is 2. The highest BCUT2D eigenvalue weighted by atomic mass is 16.5. The highest BCUT2D eigenvalue weighted by molar-refractivity contribution is 5.92. The molecule has 2 rings (SSSR count). The molecule has 0 heterocycles. The molecular weight excluding hydrogens is 304 g/mol. The van der Waals surface area contributed by atoms with Crippen LogP contribution in [0.3, 0.4) is 0 Å². The number of methoxy groups -OCH3 is 1. The van der Waals surface area contributed by atoms with E-state index in [9.17, 15) is 4.79 Å². The predicted molar refractivity (Wildman–Crippen MR) is 96.9 cm³/mol. The highest BCUT2D eigenvalue weighted by Crippen LogP contribution is 2.25. The van der Waals surface area contributed by atoms with Gasteiger partial charge in [0.15, 0.2) is 0 Å². The molecule has 0 aliphatic heterocycles. The molecule has 0 atom stereocenters. The maximum atomic E-state index is 12.1. The van der Waals surface area contributed by atoms with Gasteiger partial charge in [-0.15, -0.1) is 0 Å². The lowest BCUT2D eigenvalue weighted by Gasteiger charge is -2.15. The average Bonchev–Trinajstić information content (AvgIpc) is 2.56. The van der Waals surface area contributed by atoms with E-state index in [0.29, 0.717) is 24.4 Å². The monoisotopic (exact) mass is 328 g/mol. The Morgan fingerprint density at radius 1 is 1.00 bits per heavy atom. The first kappa shape index (κ1) is 17.7. The third-order valence-electron chi connectivity index (χ3n) is 3.30. The van der Waals surface area contributed by atoms with Crippen LogP contribution >= 0.6 is 0 Å². The van der Waals surface area contributed by atoms with E-state index in [4.69, 9.17) is 9.47 Å². The van der Waals surface area contributed by atoms with Crippen molar-refractivity contribution < 1.29 is 14.3 Å². The molecule has 128 valence electrons. The van der Waals surface area contributed by atoms with Gasteiger partial charge in [-0.05, 0) is 38.1 Å². The smallest absolute Gasteiger partial charge is 0.226 e. The van der Waals surface area contributed by atoms with Crippen LogP contribution < -0.4 is 20.1 Å². The number of hydrogen-bond acceptors (Lipinski definition) is 4.